The summed E-state index contributed by atoms with van der Waals surface area (Å²) in [5.41, 5.74) is 2.32. The van der Waals surface area contributed by atoms with E-state index in [1.54, 1.807) is 12.1 Å². The van der Waals surface area contributed by atoms with Crippen molar-refractivity contribution in [3.8, 4) is 0 Å². The van der Waals surface area contributed by atoms with Gasteiger partial charge in [-0.1, -0.05) is 30.3 Å². The van der Waals surface area contributed by atoms with E-state index in [0.29, 0.717) is 5.69 Å². The minimum Gasteiger partial charge on any atom is -0.343 e. The van der Waals surface area contributed by atoms with Crippen LogP contribution in [-0.4, -0.2) is 32.9 Å². The molecule has 2 rings (SSSR count). The molecule has 0 saturated heterocycles. The minimum absolute atomic E-state index is 0.540. The van der Waals surface area contributed by atoms with E-state index >= 15 is 0 Å². The summed E-state index contributed by atoms with van der Waals surface area (Å²) in [7, 11) is -1.54. The van der Waals surface area contributed by atoms with Crippen molar-refractivity contribution in [2.75, 3.05) is 23.5 Å². The SMILES string of the molecule is C[C@@H](C(=O)Nc1ccccc1N(C)c1ccccc1)S(C)(=O)=O. The maximum Gasteiger partial charge on any atom is 0.242 e. The van der Waals surface area contributed by atoms with E-state index in [0.717, 1.165) is 17.6 Å². The minimum atomic E-state index is -3.43. The van der Waals surface area contributed by atoms with Gasteiger partial charge in [0.25, 0.3) is 0 Å². The van der Waals surface area contributed by atoms with Crippen LogP contribution in [0.5, 0.6) is 0 Å². The molecule has 0 aromatic heterocycles. The van der Waals surface area contributed by atoms with Crippen molar-refractivity contribution < 1.29 is 13.2 Å². The molecule has 0 fully saturated rings. The summed E-state index contributed by atoms with van der Waals surface area (Å²) in [5, 5.41) is 1.61. The molecule has 2 aromatic carbocycles. The average Bonchev–Trinajstić information content (AvgIpc) is 2.54. The lowest BCUT2D eigenvalue weighted by Crippen LogP contribution is -2.32. The van der Waals surface area contributed by atoms with Crippen LogP contribution in [0, 0.1) is 0 Å². The third-order valence-electron chi connectivity index (χ3n) is 3.68. The van der Waals surface area contributed by atoms with Crippen molar-refractivity contribution in [3.05, 3.63) is 54.6 Å². The van der Waals surface area contributed by atoms with Gasteiger partial charge in [0.2, 0.25) is 5.91 Å². The van der Waals surface area contributed by atoms with E-state index in [9.17, 15) is 13.2 Å². The molecular formula is C17H20N2O3S. The van der Waals surface area contributed by atoms with Crippen LogP contribution in [0.15, 0.2) is 54.6 Å². The first kappa shape index (κ1) is 17.0. The number of sulfone groups is 1. The standard InChI is InChI=1S/C17H20N2O3S/c1-13(23(3,21)22)17(20)18-15-11-7-8-12-16(15)19(2)14-9-5-4-6-10-14/h4-13H,1-3H3,(H,18,20)/t13-/m0/s1. The van der Waals surface area contributed by atoms with E-state index in [2.05, 4.69) is 5.32 Å². The third-order valence-corrected chi connectivity index (χ3v) is 5.18. The molecule has 0 aliphatic rings. The molecule has 122 valence electrons. The zero-order valence-electron chi connectivity index (χ0n) is 13.4. The molecule has 0 radical (unpaired) electrons. The fraction of sp³-hybridized carbons (Fsp3) is 0.235. The summed E-state index contributed by atoms with van der Waals surface area (Å²) in [6.45, 7) is 1.38. The molecular weight excluding hydrogens is 312 g/mol. The maximum absolute atomic E-state index is 12.2. The molecule has 2 aromatic rings. The number of nitrogens with zero attached hydrogens (tertiary/aromatic N) is 1. The zero-order valence-corrected chi connectivity index (χ0v) is 14.2. The number of benzene rings is 2. The number of hydrogen-bond donors (Lipinski definition) is 1. The number of para-hydroxylation sites is 3. The summed E-state index contributed by atoms with van der Waals surface area (Å²) >= 11 is 0. The summed E-state index contributed by atoms with van der Waals surface area (Å²) in [6, 6.07) is 17.0. The highest BCUT2D eigenvalue weighted by molar-refractivity contribution is 7.92. The van der Waals surface area contributed by atoms with Gasteiger partial charge in [-0.2, -0.15) is 0 Å². The lowest BCUT2D eigenvalue weighted by molar-refractivity contribution is -0.115. The van der Waals surface area contributed by atoms with Crippen LogP contribution in [0.3, 0.4) is 0 Å². The Hall–Kier alpha value is -2.34. The Morgan fingerprint density at radius 2 is 1.61 bits per heavy atom. The molecule has 6 heteroatoms. The number of nitrogens with one attached hydrogen (secondary N) is 1. The Kier molecular flexibility index (Phi) is 5.05. The number of carbonyl (C=O) groups excluding carboxylic acids is 1. The van der Waals surface area contributed by atoms with E-state index in [-0.39, 0.29) is 0 Å². The van der Waals surface area contributed by atoms with Crippen LogP contribution in [0.2, 0.25) is 0 Å². The van der Waals surface area contributed by atoms with Gasteiger partial charge in [-0.15, -0.1) is 0 Å². The number of anilines is 3. The maximum atomic E-state index is 12.2. The van der Waals surface area contributed by atoms with Gasteiger partial charge in [0.05, 0.1) is 11.4 Å². The van der Waals surface area contributed by atoms with Gasteiger partial charge in [0, 0.05) is 19.0 Å². The van der Waals surface area contributed by atoms with Gasteiger partial charge >= 0.3 is 0 Å². The molecule has 1 N–H and O–H groups in total. The fourth-order valence-corrected chi connectivity index (χ4v) is 2.54. The largest absolute Gasteiger partial charge is 0.343 e. The Bertz CT molecular complexity index is 788. The van der Waals surface area contributed by atoms with Gasteiger partial charge in [-0.25, -0.2) is 8.42 Å². The van der Waals surface area contributed by atoms with Crippen molar-refractivity contribution in [3.63, 3.8) is 0 Å². The summed E-state index contributed by atoms with van der Waals surface area (Å²) in [5.74, 6) is -0.540. The van der Waals surface area contributed by atoms with Crippen molar-refractivity contribution in [1.29, 1.82) is 0 Å². The molecule has 0 aliphatic heterocycles. The Labute approximate surface area is 136 Å². The molecule has 0 aliphatic carbocycles. The first-order valence-corrected chi connectivity index (χ1v) is 9.13. The number of hydrogen-bond acceptors (Lipinski definition) is 4. The van der Waals surface area contributed by atoms with Crippen LogP contribution in [0.1, 0.15) is 6.92 Å². The Balaban J connectivity index is 2.30. The third kappa shape index (κ3) is 4.10. The highest BCUT2D eigenvalue weighted by Gasteiger charge is 2.24. The lowest BCUT2D eigenvalue weighted by atomic mass is 10.2. The number of amides is 1. The lowest BCUT2D eigenvalue weighted by Gasteiger charge is -2.23. The summed E-state index contributed by atoms with van der Waals surface area (Å²) in [4.78, 5) is 14.1. The second-order valence-corrected chi connectivity index (χ2v) is 7.74. The van der Waals surface area contributed by atoms with Gasteiger partial charge in [-0.3, -0.25) is 4.79 Å². The fourth-order valence-electron chi connectivity index (χ4n) is 2.09. The second kappa shape index (κ2) is 6.83. The summed E-state index contributed by atoms with van der Waals surface area (Å²) < 4.78 is 23.1. The molecule has 23 heavy (non-hydrogen) atoms. The van der Waals surface area contributed by atoms with Crippen LogP contribution in [-0.2, 0) is 14.6 Å². The predicted molar refractivity (Wildman–Crippen MR) is 93.9 cm³/mol. The van der Waals surface area contributed by atoms with E-state index < -0.39 is 21.0 Å². The highest BCUT2D eigenvalue weighted by atomic mass is 32.2. The molecule has 1 atom stereocenters. The molecule has 0 spiro atoms. The molecule has 0 saturated carbocycles. The molecule has 0 bridgehead atoms. The van der Waals surface area contributed by atoms with E-state index in [1.807, 2.05) is 54.4 Å². The van der Waals surface area contributed by atoms with Gasteiger partial charge in [-0.05, 0) is 31.2 Å². The zero-order chi connectivity index (χ0) is 17.0. The van der Waals surface area contributed by atoms with Crippen molar-refractivity contribution in [2.24, 2.45) is 0 Å². The van der Waals surface area contributed by atoms with Crippen LogP contribution < -0.4 is 10.2 Å². The van der Waals surface area contributed by atoms with Gasteiger partial charge in [0.1, 0.15) is 5.25 Å². The molecule has 0 heterocycles. The summed E-state index contributed by atoms with van der Waals surface area (Å²) in [6.07, 6.45) is 1.05. The molecule has 1 amide bonds. The van der Waals surface area contributed by atoms with E-state index in [1.165, 1.54) is 6.92 Å². The van der Waals surface area contributed by atoms with Crippen LogP contribution in [0.4, 0.5) is 17.1 Å². The van der Waals surface area contributed by atoms with Crippen LogP contribution in [0.25, 0.3) is 0 Å². The molecule has 0 unspecified atom stereocenters. The Morgan fingerprint density at radius 1 is 1.04 bits per heavy atom. The predicted octanol–water partition coefficient (Wildman–Crippen LogP) is 2.83. The monoisotopic (exact) mass is 332 g/mol. The first-order chi connectivity index (χ1) is 10.8. The van der Waals surface area contributed by atoms with Crippen molar-refractivity contribution in [1.82, 2.24) is 0 Å². The average molecular weight is 332 g/mol. The smallest absolute Gasteiger partial charge is 0.242 e. The Morgan fingerprint density at radius 3 is 2.22 bits per heavy atom. The topological polar surface area (TPSA) is 66.5 Å². The second-order valence-electron chi connectivity index (χ2n) is 5.37. The molecule has 5 nitrogen and oxygen atoms in total. The number of rotatable bonds is 5. The van der Waals surface area contributed by atoms with Gasteiger partial charge < -0.3 is 10.2 Å². The van der Waals surface area contributed by atoms with Gasteiger partial charge in [0.15, 0.2) is 9.84 Å². The van der Waals surface area contributed by atoms with Crippen LogP contribution >= 0.6 is 0 Å². The quantitative estimate of drug-likeness (QED) is 0.914. The number of carbonyl (C=O) groups is 1. The van der Waals surface area contributed by atoms with Crippen molar-refractivity contribution in [2.45, 2.75) is 12.2 Å². The van der Waals surface area contributed by atoms with Crippen molar-refractivity contribution >= 4 is 32.8 Å². The first-order valence-electron chi connectivity index (χ1n) is 7.18. The highest BCUT2D eigenvalue weighted by Crippen LogP contribution is 2.30. The van der Waals surface area contributed by atoms with E-state index in [4.69, 9.17) is 0 Å². The normalized spacial score (nSPS) is 12.5.